The van der Waals surface area contributed by atoms with E-state index in [2.05, 4.69) is 9.79 Å². The minimum atomic E-state index is -0.222. The maximum absolute atomic E-state index is 8.91. The summed E-state index contributed by atoms with van der Waals surface area (Å²) in [5.41, 5.74) is 0. The molecule has 0 aliphatic carbocycles. The molecule has 0 fully saturated rings. The molecule has 1 aromatic rings. The Labute approximate surface area is 57.8 Å². The molecule has 0 atom stereocenters. The van der Waals surface area contributed by atoms with Crippen LogP contribution < -0.4 is 4.68 Å². The lowest BCUT2D eigenvalue weighted by atomic mass is 10.9. The summed E-state index contributed by atoms with van der Waals surface area (Å²) in [6, 6.07) is 0. The van der Waals surface area contributed by atoms with Crippen molar-refractivity contribution in [2.45, 2.75) is 5.03 Å². The molecule has 1 aromatic heterocycles. The predicted molar refractivity (Wildman–Crippen MR) is 31.1 cm³/mol. The van der Waals surface area contributed by atoms with Crippen LogP contribution in [-0.2, 0) is 7.02 Å². The summed E-state index contributed by atoms with van der Waals surface area (Å²) in [5.74, 6) is -0.222. The van der Waals surface area contributed by atoms with Gasteiger partial charge in [-0.25, -0.2) is 0 Å². The summed E-state index contributed by atoms with van der Waals surface area (Å²) >= 11 is 1.29. The highest BCUT2D eigenvalue weighted by atomic mass is 32.2. The van der Waals surface area contributed by atoms with E-state index in [1.54, 1.807) is 6.26 Å². The standard InChI is InChI=1S/C4H6N2O2S/c1-6-3(9-2)4(7)8-5-6/h1-2H3/p+1/i1D. The van der Waals surface area contributed by atoms with Crippen molar-refractivity contribution in [3.8, 4) is 5.95 Å². The zero-order valence-corrected chi connectivity index (χ0v) is 5.68. The second kappa shape index (κ2) is 2.26. The van der Waals surface area contributed by atoms with E-state index in [-0.39, 0.29) is 13.0 Å². The van der Waals surface area contributed by atoms with Gasteiger partial charge in [0.05, 0.1) is 0 Å². The van der Waals surface area contributed by atoms with Gasteiger partial charge in [-0.2, -0.15) is 0 Å². The fourth-order valence-electron chi connectivity index (χ4n) is 0.467. The van der Waals surface area contributed by atoms with Gasteiger partial charge in [0.2, 0.25) is 5.27 Å². The lowest BCUT2D eigenvalue weighted by molar-refractivity contribution is -0.772. The second-order valence-electron chi connectivity index (χ2n) is 1.39. The quantitative estimate of drug-likeness (QED) is 0.447. The summed E-state index contributed by atoms with van der Waals surface area (Å²) in [4.78, 5) is 0. The molecule has 1 heterocycles. The molecule has 5 heteroatoms. The Balaban J connectivity index is 3.01. The average molecular weight is 148 g/mol. The monoisotopic (exact) mass is 148 g/mol. The van der Waals surface area contributed by atoms with Crippen molar-refractivity contribution in [1.29, 1.82) is 0 Å². The SMILES string of the molecule is [2H]C[n+]1noc(O)c1SC. The Hall–Kier alpha value is -0.710. The van der Waals surface area contributed by atoms with Crippen LogP contribution in [0.4, 0.5) is 0 Å². The number of hydrogen-bond donors (Lipinski definition) is 1. The smallest absolute Gasteiger partial charge is 0.395 e. The third kappa shape index (κ3) is 0.999. The Kier molecular flexibility index (Phi) is 1.28. The molecular weight excluding hydrogens is 140 g/mol. The van der Waals surface area contributed by atoms with Gasteiger partial charge in [0, 0.05) is 0 Å². The third-order valence-electron chi connectivity index (χ3n) is 0.837. The van der Waals surface area contributed by atoms with E-state index >= 15 is 0 Å². The average Bonchev–Trinajstić information content (AvgIpc) is 2.30. The summed E-state index contributed by atoms with van der Waals surface area (Å²) in [6.07, 6.45) is 1.78. The molecule has 0 saturated heterocycles. The first-order valence-corrected chi connectivity index (χ1v) is 3.44. The van der Waals surface area contributed by atoms with Gasteiger partial charge in [0.15, 0.2) is 7.02 Å². The van der Waals surface area contributed by atoms with Gasteiger partial charge in [-0.15, -0.1) is 0 Å². The van der Waals surface area contributed by atoms with Crippen molar-refractivity contribution in [2.75, 3.05) is 6.26 Å². The first kappa shape index (κ1) is 5.10. The third-order valence-corrected chi connectivity index (χ3v) is 1.61. The molecular formula is C4H7N2O2S+. The maximum atomic E-state index is 8.91. The number of aromatic hydroxyl groups is 1. The van der Waals surface area contributed by atoms with Crippen molar-refractivity contribution >= 4 is 11.8 Å². The molecule has 0 aliphatic heterocycles. The number of thioether (sulfide) groups is 1. The Morgan fingerprint density at radius 2 is 2.78 bits per heavy atom. The van der Waals surface area contributed by atoms with Crippen molar-refractivity contribution in [3.63, 3.8) is 0 Å². The van der Waals surface area contributed by atoms with E-state index in [0.717, 1.165) is 0 Å². The van der Waals surface area contributed by atoms with Gasteiger partial charge in [-0.3, -0.25) is 4.52 Å². The number of aromatic nitrogens is 2. The summed E-state index contributed by atoms with van der Waals surface area (Å²) in [7, 11) is -0.0414. The summed E-state index contributed by atoms with van der Waals surface area (Å²) < 4.78 is 12.6. The van der Waals surface area contributed by atoms with Crippen LogP contribution in [0.1, 0.15) is 1.37 Å². The van der Waals surface area contributed by atoms with Crippen molar-refractivity contribution < 1.29 is 15.7 Å². The van der Waals surface area contributed by atoms with Gasteiger partial charge in [0.1, 0.15) is 1.37 Å². The molecule has 4 nitrogen and oxygen atoms in total. The second-order valence-corrected chi connectivity index (χ2v) is 2.18. The van der Waals surface area contributed by atoms with Crippen molar-refractivity contribution in [3.05, 3.63) is 0 Å². The Bertz CT molecular complexity index is 227. The van der Waals surface area contributed by atoms with E-state index in [1.165, 1.54) is 16.4 Å². The van der Waals surface area contributed by atoms with Gasteiger partial charge >= 0.3 is 11.0 Å². The van der Waals surface area contributed by atoms with Crippen molar-refractivity contribution in [2.24, 2.45) is 7.02 Å². The Morgan fingerprint density at radius 1 is 2.00 bits per heavy atom. The van der Waals surface area contributed by atoms with Crippen LogP contribution in [0.3, 0.4) is 0 Å². The maximum Gasteiger partial charge on any atom is 0.395 e. The number of hydrogen-bond acceptors (Lipinski definition) is 4. The summed E-state index contributed by atoms with van der Waals surface area (Å²) in [6.45, 7) is 0. The lowest BCUT2D eigenvalue weighted by Crippen LogP contribution is -2.31. The molecule has 0 aromatic carbocycles. The van der Waals surface area contributed by atoms with Crippen molar-refractivity contribution in [1.82, 2.24) is 5.27 Å². The molecule has 0 bridgehead atoms. The molecule has 1 rings (SSSR count). The highest BCUT2D eigenvalue weighted by Gasteiger charge is 2.18. The molecule has 50 valence electrons. The molecule has 0 radical (unpaired) electrons. The van der Waals surface area contributed by atoms with Crippen LogP contribution in [0.2, 0.25) is 0 Å². The highest BCUT2D eigenvalue weighted by molar-refractivity contribution is 7.98. The molecule has 9 heavy (non-hydrogen) atoms. The zero-order chi connectivity index (χ0) is 7.56. The lowest BCUT2D eigenvalue weighted by Gasteiger charge is -1.78. The predicted octanol–water partition coefficient (Wildman–Crippen LogP) is -0.0734. The first-order chi connectivity index (χ1) is 4.79. The van der Waals surface area contributed by atoms with E-state index in [0.29, 0.717) is 5.03 Å². The molecule has 1 N–H and O–H groups in total. The van der Waals surface area contributed by atoms with E-state index in [1.807, 2.05) is 0 Å². The van der Waals surface area contributed by atoms with Gasteiger partial charge in [0.25, 0.3) is 0 Å². The number of rotatable bonds is 1. The van der Waals surface area contributed by atoms with E-state index < -0.39 is 0 Å². The van der Waals surface area contributed by atoms with Crippen LogP contribution in [0.5, 0.6) is 5.95 Å². The number of nitrogens with zero attached hydrogens (tertiary/aromatic N) is 2. The highest BCUT2D eigenvalue weighted by Crippen LogP contribution is 2.19. The molecule has 0 unspecified atom stereocenters. The first-order valence-electron chi connectivity index (χ1n) is 2.92. The van der Waals surface area contributed by atoms with Crippen LogP contribution >= 0.6 is 11.8 Å². The molecule has 0 amide bonds. The zero-order valence-electron chi connectivity index (χ0n) is 5.87. The molecule has 0 saturated carbocycles. The van der Waals surface area contributed by atoms with Gasteiger partial charge in [-0.05, 0) is 10.9 Å². The minimum Gasteiger partial charge on any atom is -0.474 e. The van der Waals surface area contributed by atoms with Crippen LogP contribution in [0.25, 0.3) is 0 Å². The fraction of sp³-hybridized carbons (Fsp3) is 0.500. The fourth-order valence-corrected chi connectivity index (χ4v) is 0.923. The van der Waals surface area contributed by atoms with Crippen LogP contribution in [0.15, 0.2) is 9.55 Å². The Morgan fingerprint density at radius 3 is 3.22 bits per heavy atom. The largest absolute Gasteiger partial charge is 0.474 e. The van der Waals surface area contributed by atoms with Gasteiger partial charge < -0.3 is 5.11 Å². The van der Waals surface area contributed by atoms with E-state index in [9.17, 15) is 0 Å². The molecule has 0 aliphatic rings. The van der Waals surface area contributed by atoms with Gasteiger partial charge in [-0.1, -0.05) is 11.8 Å². The van der Waals surface area contributed by atoms with Crippen LogP contribution in [0, 0.1) is 0 Å². The number of aryl methyl sites for hydroxylation is 1. The van der Waals surface area contributed by atoms with Crippen LogP contribution in [-0.4, -0.2) is 16.6 Å². The normalized spacial score (nSPS) is 11.4. The topological polar surface area (TPSA) is 50.1 Å². The minimum absolute atomic E-state index is 0.0414. The summed E-state index contributed by atoms with van der Waals surface area (Å²) in [5, 5.41) is 12.8. The molecule has 0 spiro atoms. The van der Waals surface area contributed by atoms with E-state index in [4.69, 9.17) is 6.48 Å².